The average molecular weight is 294 g/mol. The van der Waals surface area contributed by atoms with Crippen molar-refractivity contribution in [2.45, 2.75) is 64.6 Å². The molecule has 2 heterocycles. The van der Waals surface area contributed by atoms with Crippen LogP contribution in [0, 0.1) is 17.8 Å². The molecule has 2 saturated heterocycles. The predicted molar refractivity (Wildman–Crippen MR) is 83.0 cm³/mol. The summed E-state index contributed by atoms with van der Waals surface area (Å²) < 4.78 is 5.43. The first-order valence-corrected chi connectivity index (χ1v) is 8.70. The van der Waals surface area contributed by atoms with Crippen molar-refractivity contribution >= 4 is 5.91 Å². The fourth-order valence-corrected chi connectivity index (χ4v) is 4.77. The van der Waals surface area contributed by atoms with Crippen LogP contribution in [0.2, 0.25) is 0 Å². The topological polar surface area (TPSA) is 41.6 Å². The third kappa shape index (κ3) is 2.98. The molecule has 0 aromatic carbocycles. The number of carbonyl (C=O) groups is 1. The maximum atomic E-state index is 12.3. The summed E-state index contributed by atoms with van der Waals surface area (Å²) in [5.41, 5.74) is 0. The van der Waals surface area contributed by atoms with Gasteiger partial charge in [0.1, 0.15) is 0 Å². The Morgan fingerprint density at radius 3 is 2.71 bits per heavy atom. The van der Waals surface area contributed by atoms with Gasteiger partial charge < -0.3 is 15.0 Å². The van der Waals surface area contributed by atoms with Crippen molar-refractivity contribution in [2.75, 3.05) is 19.8 Å². The molecule has 0 radical (unpaired) electrons. The zero-order chi connectivity index (χ0) is 15.0. The van der Waals surface area contributed by atoms with E-state index >= 15 is 0 Å². The molecule has 1 N–H and O–H groups in total. The van der Waals surface area contributed by atoms with Crippen LogP contribution in [0.3, 0.4) is 0 Å². The first kappa shape index (κ1) is 15.3. The molecular weight excluding hydrogens is 264 g/mol. The van der Waals surface area contributed by atoms with Gasteiger partial charge in [-0.3, -0.25) is 4.79 Å². The number of rotatable bonds is 4. The number of fused-ring (bicyclic) bond motifs is 1. The standard InChI is InChI=1S/C17H30N2O2/c1-11(2)19-16-8-12(3)15(14(16)9-17(19)20)10-18-13-4-6-21-7-5-13/h11-16,18H,4-10H2,1-3H3/t12-,14-,15+,16+/m0/s1. The fourth-order valence-electron chi connectivity index (χ4n) is 4.77. The predicted octanol–water partition coefficient (Wildman–Crippen LogP) is 2.04. The van der Waals surface area contributed by atoms with E-state index in [0.717, 1.165) is 44.9 Å². The first-order valence-electron chi connectivity index (χ1n) is 8.70. The average Bonchev–Trinajstić information content (AvgIpc) is 2.91. The highest BCUT2D eigenvalue weighted by atomic mass is 16.5. The minimum Gasteiger partial charge on any atom is -0.381 e. The monoisotopic (exact) mass is 294 g/mol. The van der Waals surface area contributed by atoms with Crippen molar-refractivity contribution in [3.05, 3.63) is 0 Å². The Morgan fingerprint density at radius 2 is 2.05 bits per heavy atom. The molecule has 0 aromatic rings. The summed E-state index contributed by atoms with van der Waals surface area (Å²) >= 11 is 0. The zero-order valence-electron chi connectivity index (χ0n) is 13.7. The first-order chi connectivity index (χ1) is 10.1. The van der Waals surface area contributed by atoms with Gasteiger partial charge in [0.05, 0.1) is 0 Å². The molecule has 0 aromatic heterocycles. The normalized spacial score (nSPS) is 37.5. The number of hydrogen-bond donors (Lipinski definition) is 1. The van der Waals surface area contributed by atoms with Crippen LogP contribution in [-0.4, -0.2) is 48.7 Å². The lowest BCUT2D eigenvalue weighted by Crippen LogP contribution is -2.40. The highest BCUT2D eigenvalue weighted by molar-refractivity contribution is 5.80. The van der Waals surface area contributed by atoms with Crippen molar-refractivity contribution in [3.63, 3.8) is 0 Å². The molecule has 120 valence electrons. The lowest BCUT2D eigenvalue weighted by atomic mass is 9.88. The molecule has 0 unspecified atom stereocenters. The van der Waals surface area contributed by atoms with E-state index in [-0.39, 0.29) is 0 Å². The van der Waals surface area contributed by atoms with Gasteiger partial charge in [0, 0.05) is 37.8 Å². The summed E-state index contributed by atoms with van der Waals surface area (Å²) in [5, 5.41) is 3.76. The zero-order valence-corrected chi connectivity index (χ0v) is 13.7. The summed E-state index contributed by atoms with van der Waals surface area (Å²) in [7, 11) is 0. The van der Waals surface area contributed by atoms with Crippen LogP contribution < -0.4 is 5.32 Å². The van der Waals surface area contributed by atoms with Gasteiger partial charge in [-0.15, -0.1) is 0 Å². The maximum Gasteiger partial charge on any atom is 0.223 e. The van der Waals surface area contributed by atoms with E-state index in [1.807, 2.05) is 0 Å². The quantitative estimate of drug-likeness (QED) is 0.862. The Morgan fingerprint density at radius 1 is 1.33 bits per heavy atom. The van der Waals surface area contributed by atoms with Gasteiger partial charge in [0.2, 0.25) is 5.91 Å². The summed E-state index contributed by atoms with van der Waals surface area (Å²) in [6.45, 7) is 9.54. The number of nitrogens with one attached hydrogen (secondary N) is 1. The van der Waals surface area contributed by atoms with E-state index in [9.17, 15) is 4.79 Å². The Balaban J connectivity index is 1.60. The minimum absolute atomic E-state index is 0.349. The van der Waals surface area contributed by atoms with E-state index in [2.05, 4.69) is 31.0 Å². The molecule has 0 bridgehead atoms. The second-order valence-corrected chi connectivity index (χ2v) is 7.50. The lowest BCUT2D eigenvalue weighted by Gasteiger charge is -2.29. The molecule has 0 spiro atoms. The summed E-state index contributed by atoms with van der Waals surface area (Å²) in [6, 6.07) is 1.46. The van der Waals surface area contributed by atoms with E-state index in [1.165, 1.54) is 6.42 Å². The molecule has 1 saturated carbocycles. The van der Waals surface area contributed by atoms with Crippen molar-refractivity contribution < 1.29 is 9.53 Å². The molecule has 1 amide bonds. The van der Waals surface area contributed by atoms with Crippen LogP contribution in [-0.2, 0) is 9.53 Å². The Hall–Kier alpha value is -0.610. The molecule has 1 aliphatic carbocycles. The number of amides is 1. The van der Waals surface area contributed by atoms with Crippen LogP contribution in [0.25, 0.3) is 0 Å². The van der Waals surface area contributed by atoms with Crippen molar-refractivity contribution in [1.82, 2.24) is 10.2 Å². The summed E-state index contributed by atoms with van der Waals surface area (Å²) in [4.78, 5) is 14.4. The molecule has 4 atom stereocenters. The molecular formula is C17H30N2O2. The van der Waals surface area contributed by atoms with Crippen LogP contribution >= 0.6 is 0 Å². The fraction of sp³-hybridized carbons (Fsp3) is 0.941. The molecule has 3 fully saturated rings. The van der Waals surface area contributed by atoms with E-state index in [4.69, 9.17) is 4.74 Å². The lowest BCUT2D eigenvalue weighted by molar-refractivity contribution is -0.130. The largest absolute Gasteiger partial charge is 0.381 e. The molecule has 21 heavy (non-hydrogen) atoms. The molecule has 4 heteroatoms. The van der Waals surface area contributed by atoms with Crippen LogP contribution in [0.1, 0.15) is 46.5 Å². The van der Waals surface area contributed by atoms with Crippen LogP contribution in [0.5, 0.6) is 0 Å². The van der Waals surface area contributed by atoms with E-state index < -0.39 is 0 Å². The Bertz CT molecular complexity index is 379. The molecule has 3 aliphatic rings. The second-order valence-electron chi connectivity index (χ2n) is 7.50. The number of carbonyl (C=O) groups excluding carboxylic acids is 1. The van der Waals surface area contributed by atoms with Gasteiger partial charge in [-0.1, -0.05) is 6.92 Å². The van der Waals surface area contributed by atoms with Crippen molar-refractivity contribution in [1.29, 1.82) is 0 Å². The van der Waals surface area contributed by atoms with E-state index in [0.29, 0.717) is 35.9 Å². The minimum atomic E-state index is 0.349. The molecule has 3 rings (SSSR count). The maximum absolute atomic E-state index is 12.3. The van der Waals surface area contributed by atoms with Gasteiger partial charge in [0.15, 0.2) is 0 Å². The van der Waals surface area contributed by atoms with Gasteiger partial charge in [0.25, 0.3) is 0 Å². The van der Waals surface area contributed by atoms with Crippen molar-refractivity contribution in [3.8, 4) is 0 Å². The van der Waals surface area contributed by atoms with Gasteiger partial charge in [-0.25, -0.2) is 0 Å². The summed E-state index contributed by atoms with van der Waals surface area (Å²) in [5.74, 6) is 2.33. The van der Waals surface area contributed by atoms with Gasteiger partial charge in [-0.2, -0.15) is 0 Å². The van der Waals surface area contributed by atoms with Crippen molar-refractivity contribution in [2.24, 2.45) is 17.8 Å². The van der Waals surface area contributed by atoms with Gasteiger partial charge in [-0.05, 0) is 57.4 Å². The Kier molecular flexibility index (Phi) is 4.55. The number of hydrogen-bond acceptors (Lipinski definition) is 3. The third-order valence-electron chi connectivity index (χ3n) is 5.86. The molecule has 2 aliphatic heterocycles. The second kappa shape index (κ2) is 6.25. The summed E-state index contributed by atoms with van der Waals surface area (Å²) in [6.07, 6.45) is 4.22. The Labute approximate surface area is 128 Å². The number of nitrogens with zero attached hydrogens (tertiary/aromatic N) is 1. The van der Waals surface area contributed by atoms with Crippen LogP contribution in [0.4, 0.5) is 0 Å². The molecule has 4 nitrogen and oxygen atoms in total. The highest BCUT2D eigenvalue weighted by Crippen LogP contribution is 2.46. The number of ether oxygens (including phenoxy) is 1. The smallest absolute Gasteiger partial charge is 0.223 e. The highest BCUT2D eigenvalue weighted by Gasteiger charge is 2.51. The third-order valence-corrected chi connectivity index (χ3v) is 5.86. The SMILES string of the molecule is CC(C)N1C(=O)C[C@H]2[C@H](CNC3CCOCC3)[C@@H](C)C[C@H]21. The van der Waals surface area contributed by atoms with E-state index in [1.54, 1.807) is 0 Å². The van der Waals surface area contributed by atoms with Gasteiger partial charge >= 0.3 is 0 Å². The number of likely N-dealkylation sites (tertiary alicyclic amines) is 1. The van der Waals surface area contributed by atoms with Crippen LogP contribution in [0.15, 0.2) is 0 Å².